The molecule has 0 bridgehead atoms. The Bertz CT molecular complexity index is 1080. The lowest BCUT2D eigenvalue weighted by Gasteiger charge is -2.16. The summed E-state index contributed by atoms with van der Waals surface area (Å²) in [6.45, 7) is 0.441. The van der Waals surface area contributed by atoms with Gasteiger partial charge in [0.15, 0.2) is 5.76 Å². The van der Waals surface area contributed by atoms with Crippen molar-refractivity contribution in [1.29, 1.82) is 0 Å². The van der Waals surface area contributed by atoms with Gasteiger partial charge in [0.1, 0.15) is 5.69 Å². The minimum Gasteiger partial charge on any atom is -0.373 e. The van der Waals surface area contributed by atoms with Gasteiger partial charge in [-0.15, -0.1) is 0 Å². The minimum atomic E-state index is -1.69. The summed E-state index contributed by atoms with van der Waals surface area (Å²) in [5.41, 5.74) is 5.97. The molecule has 1 fully saturated rings. The number of hydrogen-bond acceptors (Lipinski definition) is 7. The van der Waals surface area contributed by atoms with Crippen molar-refractivity contribution in [3.8, 4) is 22.5 Å². The van der Waals surface area contributed by atoms with Crippen LogP contribution in [0.2, 0.25) is 0 Å². The Balaban J connectivity index is 1.68. The van der Waals surface area contributed by atoms with Crippen LogP contribution in [0.15, 0.2) is 47.1 Å². The highest BCUT2D eigenvalue weighted by Gasteiger charge is 2.48. The summed E-state index contributed by atoms with van der Waals surface area (Å²) in [4.78, 5) is 33.0. The van der Waals surface area contributed by atoms with Crippen LogP contribution >= 0.6 is 0 Å². The lowest BCUT2D eigenvalue weighted by atomic mass is 9.98. The molecule has 1 aliphatic heterocycles. The Morgan fingerprint density at radius 2 is 2.00 bits per heavy atom. The molecule has 142 valence electrons. The largest absolute Gasteiger partial charge is 0.373 e. The van der Waals surface area contributed by atoms with Gasteiger partial charge in [-0.05, 0) is 12.1 Å². The molecule has 1 saturated heterocycles. The van der Waals surface area contributed by atoms with Crippen LogP contribution in [0.3, 0.4) is 0 Å². The fourth-order valence-electron chi connectivity index (χ4n) is 3.16. The summed E-state index contributed by atoms with van der Waals surface area (Å²) < 4.78 is 5.29. The van der Waals surface area contributed by atoms with Crippen molar-refractivity contribution >= 4 is 11.8 Å². The van der Waals surface area contributed by atoms with E-state index in [2.05, 4.69) is 15.1 Å². The molecule has 0 saturated carbocycles. The van der Waals surface area contributed by atoms with Crippen molar-refractivity contribution in [2.24, 2.45) is 5.73 Å². The van der Waals surface area contributed by atoms with Crippen LogP contribution in [-0.4, -0.2) is 50.5 Å². The van der Waals surface area contributed by atoms with Gasteiger partial charge in [0.05, 0.1) is 5.69 Å². The van der Waals surface area contributed by atoms with Gasteiger partial charge in [-0.2, -0.15) is 0 Å². The lowest BCUT2D eigenvalue weighted by molar-refractivity contribution is -0.144. The van der Waals surface area contributed by atoms with Crippen molar-refractivity contribution in [3.05, 3.63) is 54.2 Å². The third-order valence-corrected chi connectivity index (χ3v) is 4.76. The maximum absolute atomic E-state index is 12.2. The molecule has 0 aliphatic carbocycles. The number of aromatic nitrogens is 3. The lowest BCUT2D eigenvalue weighted by Crippen LogP contribution is -2.35. The van der Waals surface area contributed by atoms with E-state index in [0.717, 1.165) is 5.56 Å². The molecule has 0 radical (unpaired) electrons. The molecular formula is C19H17N5O4. The van der Waals surface area contributed by atoms with E-state index in [9.17, 15) is 14.7 Å². The van der Waals surface area contributed by atoms with Gasteiger partial charge >= 0.3 is 0 Å². The van der Waals surface area contributed by atoms with Gasteiger partial charge < -0.3 is 20.3 Å². The molecule has 9 nitrogen and oxygen atoms in total. The standard InChI is InChI=1S/C19H17N5O4/c1-24-8-6-19(27,18(24)26)15-10-14(23-28-15)12-4-2-3-11(9-12)13-5-7-21-17(22-13)16(20)25/h2-5,7,9-10,27H,6,8H2,1H3,(H2,20,25)/t19-/m1/s1. The normalized spacial score (nSPS) is 19.2. The van der Waals surface area contributed by atoms with E-state index in [1.54, 1.807) is 31.3 Å². The van der Waals surface area contributed by atoms with Gasteiger partial charge in [-0.25, -0.2) is 9.97 Å². The van der Waals surface area contributed by atoms with Gasteiger partial charge in [0, 0.05) is 43.4 Å². The molecular weight excluding hydrogens is 362 g/mol. The van der Waals surface area contributed by atoms with Crippen LogP contribution in [0.25, 0.3) is 22.5 Å². The minimum absolute atomic E-state index is 0.0716. The number of carbonyl (C=O) groups excluding carboxylic acids is 2. The first-order valence-electron chi connectivity index (χ1n) is 8.57. The number of primary amides is 1. The number of amides is 2. The average Bonchev–Trinajstić information content (AvgIpc) is 3.31. The topological polar surface area (TPSA) is 135 Å². The molecule has 2 amide bonds. The van der Waals surface area contributed by atoms with Gasteiger partial charge in [-0.3, -0.25) is 9.59 Å². The second-order valence-electron chi connectivity index (χ2n) is 6.62. The van der Waals surface area contributed by atoms with E-state index >= 15 is 0 Å². The predicted molar refractivity (Wildman–Crippen MR) is 97.6 cm³/mol. The Morgan fingerprint density at radius 3 is 2.68 bits per heavy atom. The number of rotatable bonds is 4. The van der Waals surface area contributed by atoms with Crippen LogP contribution in [0, 0.1) is 0 Å². The maximum Gasteiger partial charge on any atom is 0.286 e. The van der Waals surface area contributed by atoms with Crippen LogP contribution in [0.4, 0.5) is 0 Å². The smallest absolute Gasteiger partial charge is 0.286 e. The fraction of sp³-hybridized carbons (Fsp3) is 0.211. The maximum atomic E-state index is 12.2. The Labute approximate surface area is 159 Å². The first kappa shape index (κ1) is 17.8. The number of nitrogens with two attached hydrogens (primary N) is 1. The molecule has 0 spiro atoms. The third kappa shape index (κ3) is 2.91. The zero-order valence-electron chi connectivity index (χ0n) is 15.0. The molecule has 3 aromatic rings. The Kier molecular flexibility index (Phi) is 4.16. The molecule has 4 rings (SSSR count). The highest BCUT2D eigenvalue weighted by Crippen LogP contribution is 2.35. The number of carbonyl (C=O) groups is 2. The second kappa shape index (κ2) is 6.54. The molecule has 9 heteroatoms. The molecule has 28 heavy (non-hydrogen) atoms. The first-order chi connectivity index (χ1) is 13.4. The zero-order chi connectivity index (χ0) is 19.9. The third-order valence-electron chi connectivity index (χ3n) is 4.76. The monoisotopic (exact) mass is 379 g/mol. The highest BCUT2D eigenvalue weighted by atomic mass is 16.5. The van der Waals surface area contributed by atoms with Crippen molar-refractivity contribution in [2.45, 2.75) is 12.0 Å². The summed E-state index contributed by atoms with van der Waals surface area (Å²) in [6.07, 6.45) is 1.70. The van der Waals surface area contributed by atoms with Crippen molar-refractivity contribution < 1.29 is 19.2 Å². The van der Waals surface area contributed by atoms with Crippen LogP contribution < -0.4 is 5.73 Å². The molecule has 3 heterocycles. The predicted octanol–water partition coefficient (Wildman–Crippen LogP) is 0.947. The van der Waals surface area contributed by atoms with Crippen LogP contribution in [0.5, 0.6) is 0 Å². The van der Waals surface area contributed by atoms with E-state index in [1.807, 2.05) is 12.1 Å². The van der Waals surface area contributed by atoms with E-state index < -0.39 is 17.4 Å². The number of likely N-dealkylation sites (N-methyl/N-ethyl adjacent to an activating group) is 1. The van der Waals surface area contributed by atoms with Gasteiger partial charge in [0.25, 0.3) is 11.8 Å². The van der Waals surface area contributed by atoms with E-state index in [-0.39, 0.29) is 18.0 Å². The summed E-state index contributed by atoms with van der Waals surface area (Å²) in [7, 11) is 1.63. The Hall–Kier alpha value is -3.59. The van der Waals surface area contributed by atoms with Crippen molar-refractivity contribution in [3.63, 3.8) is 0 Å². The van der Waals surface area contributed by atoms with E-state index in [0.29, 0.717) is 23.5 Å². The summed E-state index contributed by atoms with van der Waals surface area (Å²) in [6, 6.07) is 10.5. The Morgan fingerprint density at radius 1 is 1.25 bits per heavy atom. The molecule has 1 atom stereocenters. The van der Waals surface area contributed by atoms with Crippen molar-refractivity contribution in [1.82, 2.24) is 20.0 Å². The summed E-state index contributed by atoms with van der Waals surface area (Å²) in [5, 5.41) is 14.7. The molecule has 3 N–H and O–H groups in total. The summed E-state index contributed by atoms with van der Waals surface area (Å²) in [5.74, 6) is -1.08. The molecule has 1 aromatic carbocycles. The van der Waals surface area contributed by atoms with E-state index in [4.69, 9.17) is 10.3 Å². The molecule has 1 aliphatic rings. The number of hydrogen-bond donors (Lipinski definition) is 2. The van der Waals surface area contributed by atoms with Crippen LogP contribution in [0.1, 0.15) is 22.8 Å². The highest BCUT2D eigenvalue weighted by molar-refractivity contribution is 5.89. The summed E-state index contributed by atoms with van der Waals surface area (Å²) >= 11 is 0. The zero-order valence-corrected chi connectivity index (χ0v) is 15.0. The van der Waals surface area contributed by atoms with Crippen LogP contribution in [-0.2, 0) is 10.4 Å². The molecule has 2 aromatic heterocycles. The number of aliphatic hydroxyl groups is 1. The first-order valence-corrected chi connectivity index (χ1v) is 8.57. The number of benzene rings is 1. The molecule has 0 unspecified atom stereocenters. The fourth-order valence-corrected chi connectivity index (χ4v) is 3.16. The number of nitrogens with zero attached hydrogens (tertiary/aromatic N) is 4. The quantitative estimate of drug-likeness (QED) is 0.689. The second-order valence-corrected chi connectivity index (χ2v) is 6.62. The average molecular weight is 379 g/mol. The number of likely N-dealkylation sites (tertiary alicyclic amines) is 1. The van der Waals surface area contributed by atoms with Gasteiger partial charge in [-0.1, -0.05) is 23.4 Å². The van der Waals surface area contributed by atoms with E-state index in [1.165, 1.54) is 11.1 Å². The SMILES string of the molecule is CN1CC[C@@](O)(c2cc(-c3cccc(-c4ccnc(C(N)=O)n4)c3)no2)C1=O. The van der Waals surface area contributed by atoms with Crippen molar-refractivity contribution in [2.75, 3.05) is 13.6 Å². The van der Waals surface area contributed by atoms with Gasteiger partial charge in [0.2, 0.25) is 11.4 Å².